The molecule has 4 heteroatoms. The van der Waals surface area contributed by atoms with Crippen LogP contribution >= 0.6 is 11.3 Å². The van der Waals surface area contributed by atoms with Crippen LogP contribution in [0.2, 0.25) is 0 Å². The van der Waals surface area contributed by atoms with Crippen LogP contribution in [-0.2, 0) is 0 Å². The summed E-state index contributed by atoms with van der Waals surface area (Å²) >= 11 is 1.64. The Bertz CT molecular complexity index is 840. The van der Waals surface area contributed by atoms with Gasteiger partial charge in [0.15, 0.2) is 5.43 Å². The third-order valence-corrected chi connectivity index (χ3v) is 4.67. The lowest BCUT2D eigenvalue weighted by Crippen LogP contribution is -2.09. The van der Waals surface area contributed by atoms with Crippen molar-refractivity contribution in [1.82, 2.24) is 5.32 Å². The zero-order valence-corrected chi connectivity index (χ0v) is 15.4. The number of hydrogen-bond donors (Lipinski definition) is 1. The Morgan fingerprint density at radius 1 is 0.958 bits per heavy atom. The van der Waals surface area contributed by atoms with Gasteiger partial charge in [-0.25, -0.2) is 0 Å². The van der Waals surface area contributed by atoms with E-state index in [4.69, 9.17) is 4.74 Å². The average molecular weight is 343 g/mol. The van der Waals surface area contributed by atoms with E-state index in [0.29, 0.717) is 6.61 Å². The second kappa shape index (κ2) is 9.40. The monoisotopic (exact) mass is 343 g/mol. The molecule has 0 aliphatic rings. The fourth-order valence-electron chi connectivity index (χ4n) is 2.34. The number of ether oxygens (including phenoxy) is 1. The maximum absolute atomic E-state index is 12.5. The highest BCUT2D eigenvalue weighted by molar-refractivity contribution is 7.24. The molecule has 0 saturated carbocycles. The molecule has 0 radical (unpaired) electrons. The van der Waals surface area contributed by atoms with Crippen LogP contribution in [0.4, 0.5) is 0 Å². The molecule has 1 heterocycles. The third kappa shape index (κ3) is 4.56. The Kier molecular flexibility index (Phi) is 7.22. The molecule has 24 heavy (non-hydrogen) atoms. The molecule has 0 aliphatic carbocycles. The van der Waals surface area contributed by atoms with E-state index in [2.05, 4.69) is 26.1 Å². The molecular formula is C20H25NO2S. The number of fused-ring (bicyclic) bond motifs is 2. The van der Waals surface area contributed by atoms with Crippen molar-refractivity contribution in [2.24, 2.45) is 0 Å². The summed E-state index contributed by atoms with van der Waals surface area (Å²) in [5.74, 6) is 0.772. The predicted octanol–water partition coefficient (Wildman–Crippen LogP) is 4.82. The van der Waals surface area contributed by atoms with E-state index in [0.717, 1.165) is 45.4 Å². The second-order valence-corrected chi connectivity index (χ2v) is 6.47. The van der Waals surface area contributed by atoms with Crippen LogP contribution < -0.4 is 15.5 Å². The van der Waals surface area contributed by atoms with Gasteiger partial charge in [0.05, 0.1) is 6.61 Å². The first-order valence-electron chi connectivity index (χ1n) is 8.50. The van der Waals surface area contributed by atoms with Gasteiger partial charge in [0, 0.05) is 20.2 Å². The van der Waals surface area contributed by atoms with Crippen molar-refractivity contribution in [1.29, 1.82) is 0 Å². The van der Waals surface area contributed by atoms with Gasteiger partial charge in [-0.15, -0.1) is 11.3 Å². The lowest BCUT2D eigenvalue weighted by molar-refractivity contribution is 0.318. The average Bonchev–Trinajstić information content (AvgIpc) is 2.62. The summed E-state index contributed by atoms with van der Waals surface area (Å²) in [7, 11) is 0. The van der Waals surface area contributed by atoms with E-state index < -0.39 is 0 Å². The zero-order valence-electron chi connectivity index (χ0n) is 14.6. The predicted molar refractivity (Wildman–Crippen MR) is 106 cm³/mol. The van der Waals surface area contributed by atoms with Crippen molar-refractivity contribution >= 4 is 31.5 Å². The van der Waals surface area contributed by atoms with Crippen LogP contribution in [0.15, 0.2) is 47.3 Å². The lowest BCUT2D eigenvalue weighted by atomic mass is 10.2. The molecule has 3 aromatic rings. The van der Waals surface area contributed by atoms with Crippen LogP contribution in [0.3, 0.4) is 0 Å². The Labute approximate surface area is 147 Å². The molecule has 0 fully saturated rings. The van der Waals surface area contributed by atoms with Crippen LogP contribution in [0.5, 0.6) is 5.75 Å². The highest BCUT2D eigenvalue weighted by Gasteiger charge is 2.06. The van der Waals surface area contributed by atoms with E-state index in [9.17, 15) is 4.79 Å². The summed E-state index contributed by atoms with van der Waals surface area (Å²) in [4.78, 5) is 12.5. The first-order valence-corrected chi connectivity index (χ1v) is 9.32. The van der Waals surface area contributed by atoms with Crippen molar-refractivity contribution in [3.05, 3.63) is 52.7 Å². The largest absolute Gasteiger partial charge is 0.494 e. The van der Waals surface area contributed by atoms with E-state index in [1.54, 1.807) is 11.3 Å². The number of nitrogens with one attached hydrogen (secondary N) is 1. The van der Waals surface area contributed by atoms with Gasteiger partial charge in [-0.2, -0.15) is 0 Å². The van der Waals surface area contributed by atoms with Gasteiger partial charge in [-0.1, -0.05) is 32.9 Å². The second-order valence-electron chi connectivity index (χ2n) is 5.39. The quantitative estimate of drug-likeness (QED) is 0.675. The highest BCUT2D eigenvalue weighted by Crippen LogP contribution is 2.27. The molecule has 0 aliphatic heterocycles. The Morgan fingerprint density at radius 3 is 2.33 bits per heavy atom. The van der Waals surface area contributed by atoms with E-state index in [1.807, 2.05) is 42.5 Å². The molecule has 3 rings (SSSR count). The summed E-state index contributed by atoms with van der Waals surface area (Å²) in [5.41, 5.74) is 0.0892. The fourth-order valence-corrected chi connectivity index (χ4v) is 3.39. The summed E-state index contributed by atoms with van der Waals surface area (Å²) in [6.45, 7) is 9.13. The molecule has 0 amide bonds. The van der Waals surface area contributed by atoms with Crippen LogP contribution in [0, 0.1) is 0 Å². The van der Waals surface area contributed by atoms with Crippen molar-refractivity contribution in [2.45, 2.75) is 27.2 Å². The zero-order chi connectivity index (χ0) is 17.4. The Morgan fingerprint density at radius 2 is 1.67 bits per heavy atom. The van der Waals surface area contributed by atoms with E-state index >= 15 is 0 Å². The minimum atomic E-state index is 0.0892. The number of benzene rings is 2. The molecule has 0 atom stereocenters. The van der Waals surface area contributed by atoms with Crippen LogP contribution in [-0.4, -0.2) is 19.7 Å². The topological polar surface area (TPSA) is 38.3 Å². The molecule has 0 saturated heterocycles. The Balaban J connectivity index is 0.000000368. The maximum Gasteiger partial charge on any atom is 0.196 e. The molecule has 0 spiro atoms. The van der Waals surface area contributed by atoms with Gasteiger partial charge < -0.3 is 10.1 Å². The molecule has 3 nitrogen and oxygen atoms in total. The molecule has 0 unspecified atom stereocenters. The van der Waals surface area contributed by atoms with Gasteiger partial charge >= 0.3 is 0 Å². The minimum absolute atomic E-state index is 0.0892. The molecule has 0 bridgehead atoms. The smallest absolute Gasteiger partial charge is 0.196 e. The molecular weight excluding hydrogens is 318 g/mol. The van der Waals surface area contributed by atoms with E-state index in [1.165, 1.54) is 0 Å². The first-order chi connectivity index (χ1) is 11.7. The fraction of sp³-hybridized carbons (Fsp3) is 0.350. The van der Waals surface area contributed by atoms with Crippen molar-refractivity contribution in [3.63, 3.8) is 0 Å². The summed E-state index contributed by atoms with van der Waals surface area (Å²) in [5, 5.41) is 4.64. The Hall–Kier alpha value is -1.91. The molecule has 1 aromatic heterocycles. The maximum atomic E-state index is 12.5. The molecule has 2 aromatic carbocycles. The van der Waals surface area contributed by atoms with E-state index in [-0.39, 0.29) is 5.43 Å². The summed E-state index contributed by atoms with van der Waals surface area (Å²) < 4.78 is 7.63. The van der Waals surface area contributed by atoms with Crippen molar-refractivity contribution < 1.29 is 4.74 Å². The van der Waals surface area contributed by atoms with Crippen LogP contribution in [0.25, 0.3) is 20.2 Å². The first kappa shape index (κ1) is 18.4. The van der Waals surface area contributed by atoms with Gasteiger partial charge in [-0.3, -0.25) is 4.79 Å². The standard InChI is InChI=1S/C16H14O2S.C4H11N/c1-2-9-18-11-7-8-15-13(10-11)16(17)12-5-3-4-6-14(12)19-15;1-3-5-4-2/h3-8,10H,2,9H2,1H3;5H,3-4H2,1-2H3. The third-order valence-electron chi connectivity index (χ3n) is 3.52. The lowest BCUT2D eigenvalue weighted by Gasteiger charge is -2.06. The highest BCUT2D eigenvalue weighted by atomic mass is 32.1. The minimum Gasteiger partial charge on any atom is -0.494 e. The normalized spacial score (nSPS) is 10.5. The van der Waals surface area contributed by atoms with Gasteiger partial charge in [-0.05, 0) is 49.8 Å². The van der Waals surface area contributed by atoms with Crippen molar-refractivity contribution in [3.8, 4) is 5.75 Å². The van der Waals surface area contributed by atoms with Crippen LogP contribution in [0.1, 0.15) is 27.2 Å². The SMILES string of the molecule is CCCOc1ccc2sc3ccccc3c(=O)c2c1.CCNCC. The van der Waals surface area contributed by atoms with Gasteiger partial charge in [0.25, 0.3) is 0 Å². The summed E-state index contributed by atoms with van der Waals surface area (Å²) in [6, 6.07) is 13.5. The molecule has 128 valence electrons. The molecule has 1 N–H and O–H groups in total. The number of rotatable bonds is 5. The van der Waals surface area contributed by atoms with Gasteiger partial charge in [0.2, 0.25) is 0 Å². The number of hydrogen-bond acceptors (Lipinski definition) is 4. The van der Waals surface area contributed by atoms with Gasteiger partial charge in [0.1, 0.15) is 5.75 Å². The van der Waals surface area contributed by atoms with Crippen molar-refractivity contribution in [2.75, 3.05) is 19.7 Å². The summed E-state index contributed by atoms with van der Waals surface area (Å²) in [6.07, 6.45) is 0.961.